The molecule has 0 bridgehead atoms. The van der Waals surface area contributed by atoms with Gasteiger partial charge in [0.1, 0.15) is 5.75 Å². The Balaban J connectivity index is 1.94. The Hall–Kier alpha value is -2.44. The Labute approximate surface area is 190 Å². The van der Waals surface area contributed by atoms with Crippen molar-refractivity contribution in [3.8, 4) is 17.2 Å². The zero-order valence-electron chi connectivity index (χ0n) is 19.0. The number of ether oxygens (including phenoxy) is 3. The van der Waals surface area contributed by atoms with Crippen LogP contribution in [0.3, 0.4) is 0 Å². The largest absolute Gasteiger partial charge is 0.497 e. The number of methoxy groups -OCH3 is 1. The van der Waals surface area contributed by atoms with E-state index in [2.05, 4.69) is 22.8 Å². The minimum atomic E-state index is -0.317. The van der Waals surface area contributed by atoms with Crippen LogP contribution in [0.25, 0.3) is 0 Å². The number of nitrogens with one attached hydrogen (secondary N) is 2. The van der Waals surface area contributed by atoms with Crippen LogP contribution in [-0.4, -0.2) is 38.3 Å². The summed E-state index contributed by atoms with van der Waals surface area (Å²) in [5, 5.41) is 6.84. The van der Waals surface area contributed by atoms with Crippen molar-refractivity contribution >= 4 is 17.5 Å². The van der Waals surface area contributed by atoms with E-state index < -0.39 is 0 Å². The molecule has 170 valence electrons. The van der Waals surface area contributed by atoms with Gasteiger partial charge in [0.15, 0.2) is 18.1 Å². The van der Waals surface area contributed by atoms with Gasteiger partial charge in [-0.2, -0.15) is 0 Å². The van der Waals surface area contributed by atoms with Crippen LogP contribution in [0.5, 0.6) is 17.2 Å². The molecule has 2 aromatic carbocycles. The lowest BCUT2D eigenvalue weighted by molar-refractivity contribution is -0.124. The van der Waals surface area contributed by atoms with Crippen LogP contribution in [0.4, 0.5) is 0 Å². The molecule has 0 unspecified atom stereocenters. The lowest BCUT2D eigenvalue weighted by atomic mass is 10.1. The average Bonchev–Trinajstić information content (AvgIpc) is 2.71. The van der Waals surface area contributed by atoms with Crippen LogP contribution in [0.15, 0.2) is 36.4 Å². The molecule has 0 spiro atoms. The quantitative estimate of drug-likeness (QED) is 0.499. The molecule has 0 aliphatic heterocycles. The fourth-order valence-corrected chi connectivity index (χ4v) is 3.16. The molecule has 1 amide bonds. The number of carbonyl (C=O) groups excluding carboxylic acids is 1. The van der Waals surface area contributed by atoms with Crippen molar-refractivity contribution in [1.82, 2.24) is 10.6 Å². The first-order chi connectivity index (χ1) is 14.7. The summed E-state index contributed by atoms with van der Waals surface area (Å²) in [5.41, 5.74) is 1.82. The Morgan fingerprint density at radius 3 is 2.35 bits per heavy atom. The molecule has 0 saturated heterocycles. The highest BCUT2D eigenvalue weighted by atomic mass is 35.5. The Kier molecular flexibility index (Phi) is 9.46. The zero-order valence-corrected chi connectivity index (χ0v) is 19.8. The Morgan fingerprint density at radius 2 is 1.74 bits per heavy atom. The fraction of sp³-hybridized carbons (Fsp3) is 0.458. The lowest BCUT2D eigenvalue weighted by Gasteiger charge is -2.21. The highest BCUT2D eigenvalue weighted by Gasteiger charge is 2.16. The van der Waals surface area contributed by atoms with Crippen molar-refractivity contribution in [2.45, 2.75) is 46.2 Å². The van der Waals surface area contributed by atoms with Crippen LogP contribution in [0, 0.1) is 0 Å². The fourth-order valence-electron chi connectivity index (χ4n) is 2.94. The van der Waals surface area contributed by atoms with Crippen LogP contribution in [-0.2, 0) is 17.8 Å². The summed E-state index contributed by atoms with van der Waals surface area (Å²) in [7, 11) is 1.66. The van der Waals surface area contributed by atoms with Gasteiger partial charge in [-0.3, -0.25) is 4.79 Å². The summed E-state index contributed by atoms with van der Waals surface area (Å²) in [6.45, 7) is 9.44. The first-order valence-electron chi connectivity index (χ1n) is 10.4. The highest BCUT2D eigenvalue weighted by molar-refractivity contribution is 6.31. The summed E-state index contributed by atoms with van der Waals surface area (Å²) < 4.78 is 16.6. The second-order valence-corrected chi connectivity index (χ2v) is 8.59. The second-order valence-electron chi connectivity index (χ2n) is 8.19. The van der Waals surface area contributed by atoms with E-state index in [1.54, 1.807) is 13.2 Å². The molecule has 2 N–H and O–H groups in total. The summed E-state index contributed by atoms with van der Waals surface area (Å²) in [4.78, 5) is 12.1. The van der Waals surface area contributed by atoms with E-state index in [1.807, 2.05) is 45.9 Å². The maximum absolute atomic E-state index is 12.1. The van der Waals surface area contributed by atoms with Gasteiger partial charge in [-0.1, -0.05) is 23.7 Å². The van der Waals surface area contributed by atoms with Gasteiger partial charge in [-0.05, 0) is 70.0 Å². The van der Waals surface area contributed by atoms with Gasteiger partial charge in [0.25, 0.3) is 5.91 Å². The third-order valence-electron chi connectivity index (χ3n) is 4.35. The second kappa shape index (κ2) is 11.8. The van der Waals surface area contributed by atoms with Crippen molar-refractivity contribution in [2.75, 3.05) is 26.9 Å². The summed E-state index contributed by atoms with van der Waals surface area (Å²) in [6.07, 6.45) is 0.893. The van der Waals surface area contributed by atoms with Crippen LogP contribution >= 0.6 is 11.6 Å². The summed E-state index contributed by atoms with van der Waals surface area (Å²) in [6, 6.07) is 11.6. The Bertz CT molecular complexity index is 848. The van der Waals surface area contributed by atoms with E-state index in [4.69, 9.17) is 25.8 Å². The number of benzene rings is 2. The number of halogens is 1. The van der Waals surface area contributed by atoms with Gasteiger partial charge in [-0.15, -0.1) is 0 Å². The van der Waals surface area contributed by atoms with Gasteiger partial charge in [-0.25, -0.2) is 0 Å². The normalized spacial score (nSPS) is 11.2. The highest BCUT2D eigenvalue weighted by Crippen LogP contribution is 2.33. The molecule has 2 aromatic rings. The molecule has 0 heterocycles. The average molecular weight is 449 g/mol. The van der Waals surface area contributed by atoms with Crippen molar-refractivity contribution in [1.29, 1.82) is 0 Å². The molecule has 2 rings (SSSR count). The minimum absolute atomic E-state index is 0.104. The molecule has 0 atom stereocenters. The monoisotopic (exact) mass is 448 g/mol. The van der Waals surface area contributed by atoms with Gasteiger partial charge in [0, 0.05) is 23.2 Å². The van der Waals surface area contributed by atoms with Crippen LogP contribution < -0.4 is 24.8 Å². The molecule has 31 heavy (non-hydrogen) atoms. The molecule has 0 aromatic heterocycles. The molecule has 0 saturated carbocycles. The molecule has 0 fully saturated rings. The minimum Gasteiger partial charge on any atom is -0.497 e. The number of hydrogen-bond acceptors (Lipinski definition) is 5. The van der Waals surface area contributed by atoms with E-state index in [0.29, 0.717) is 29.7 Å². The summed E-state index contributed by atoms with van der Waals surface area (Å²) >= 11 is 6.46. The van der Waals surface area contributed by atoms with E-state index in [-0.39, 0.29) is 18.1 Å². The molecule has 7 heteroatoms. The molecular formula is C24H33ClN2O4. The van der Waals surface area contributed by atoms with Gasteiger partial charge in [0.2, 0.25) is 0 Å². The molecule has 0 radical (unpaired) electrons. The smallest absolute Gasteiger partial charge is 0.258 e. The third kappa shape index (κ3) is 8.67. The first kappa shape index (κ1) is 24.8. The lowest BCUT2D eigenvalue weighted by Crippen LogP contribution is -2.43. The number of carbonyl (C=O) groups is 1. The predicted octanol–water partition coefficient (Wildman–Crippen LogP) is 4.37. The van der Waals surface area contributed by atoms with Gasteiger partial charge >= 0.3 is 0 Å². The SMILES string of the molecule is CCOc1cc(CNCCc2ccc(OC)cc2)c(Cl)cc1OCC(=O)NC(C)(C)C. The van der Waals surface area contributed by atoms with E-state index >= 15 is 0 Å². The van der Waals surface area contributed by atoms with Crippen molar-refractivity contribution in [3.63, 3.8) is 0 Å². The molecule has 0 aliphatic carbocycles. The topological polar surface area (TPSA) is 68.8 Å². The van der Waals surface area contributed by atoms with Crippen LogP contribution in [0.2, 0.25) is 5.02 Å². The summed E-state index contributed by atoms with van der Waals surface area (Å²) in [5.74, 6) is 1.68. The van der Waals surface area contributed by atoms with E-state index in [0.717, 1.165) is 24.3 Å². The predicted molar refractivity (Wildman–Crippen MR) is 124 cm³/mol. The van der Waals surface area contributed by atoms with Crippen molar-refractivity contribution < 1.29 is 19.0 Å². The van der Waals surface area contributed by atoms with E-state index in [1.165, 1.54) is 5.56 Å². The van der Waals surface area contributed by atoms with Crippen LogP contribution in [0.1, 0.15) is 38.8 Å². The maximum atomic E-state index is 12.1. The first-order valence-corrected chi connectivity index (χ1v) is 10.8. The molecule has 0 aliphatic rings. The standard InChI is InChI=1S/C24H33ClN2O4/c1-6-30-21-13-18(15-26-12-11-17-7-9-19(29-5)10-8-17)20(25)14-22(21)31-16-23(28)27-24(2,3)4/h7-10,13-14,26H,6,11-12,15-16H2,1-5H3,(H,27,28). The molecular weight excluding hydrogens is 416 g/mol. The molecule has 6 nitrogen and oxygen atoms in total. The number of rotatable bonds is 11. The maximum Gasteiger partial charge on any atom is 0.258 e. The third-order valence-corrected chi connectivity index (χ3v) is 4.70. The zero-order chi connectivity index (χ0) is 22.9. The van der Waals surface area contributed by atoms with Crippen molar-refractivity contribution in [2.24, 2.45) is 0 Å². The van der Waals surface area contributed by atoms with E-state index in [9.17, 15) is 4.79 Å². The number of amides is 1. The number of hydrogen-bond donors (Lipinski definition) is 2. The van der Waals surface area contributed by atoms with Gasteiger partial charge in [0.05, 0.1) is 13.7 Å². The van der Waals surface area contributed by atoms with Gasteiger partial charge < -0.3 is 24.8 Å². The van der Waals surface area contributed by atoms with Crippen molar-refractivity contribution in [3.05, 3.63) is 52.5 Å². The Morgan fingerprint density at radius 1 is 1.06 bits per heavy atom.